The van der Waals surface area contributed by atoms with E-state index in [0.717, 1.165) is 0 Å². The Kier molecular flexibility index (Phi) is 7.19. The average Bonchev–Trinajstić information content (AvgIpc) is 3.19. The van der Waals surface area contributed by atoms with Gasteiger partial charge in [0.1, 0.15) is 30.1 Å². The van der Waals surface area contributed by atoms with Crippen LogP contribution in [0.1, 0.15) is 54.2 Å². The van der Waals surface area contributed by atoms with Crippen molar-refractivity contribution in [1.82, 2.24) is 14.5 Å². The van der Waals surface area contributed by atoms with E-state index in [0.29, 0.717) is 34.9 Å². The van der Waals surface area contributed by atoms with Gasteiger partial charge in [0.2, 0.25) is 0 Å². The second kappa shape index (κ2) is 8.91. The Morgan fingerprint density at radius 3 is 2.27 bits per heavy atom. The second-order valence-corrected chi connectivity index (χ2v) is 22.2. The maximum atomic E-state index is 6.87. The molecular formula is C23H41ClN4O3Si2. The summed E-state index contributed by atoms with van der Waals surface area (Å²) in [6.45, 7) is 23.1. The fourth-order valence-corrected chi connectivity index (χ4v) is 6.15. The van der Waals surface area contributed by atoms with Crippen molar-refractivity contribution in [1.29, 1.82) is 0 Å². The first-order chi connectivity index (χ1) is 14.9. The van der Waals surface area contributed by atoms with Crippen LogP contribution >= 0.6 is 11.6 Å². The lowest BCUT2D eigenvalue weighted by atomic mass is 10.2. The number of hydrogen-bond donors (Lipinski definition) is 1. The molecule has 33 heavy (non-hydrogen) atoms. The summed E-state index contributed by atoms with van der Waals surface area (Å²) >= 11 is 6.49. The van der Waals surface area contributed by atoms with Crippen molar-refractivity contribution in [2.45, 2.75) is 103 Å². The van der Waals surface area contributed by atoms with E-state index in [1.54, 1.807) is 0 Å². The molecule has 0 amide bonds. The predicted octanol–water partition coefficient (Wildman–Crippen LogP) is 6.37. The highest BCUT2D eigenvalue weighted by molar-refractivity contribution is 6.74. The first kappa shape index (κ1) is 26.6. The zero-order valence-electron chi connectivity index (χ0n) is 21.8. The molecule has 1 saturated heterocycles. The molecule has 1 aliphatic rings. The SMILES string of the molecule is CC(C)(C)[Si](C)(C)OC[C@H]1O[C@@H](n2cc(Cl)c3c(N)ncnc32)C[C@@H]1O[Si](C)(C)C(C)(C)C. The molecule has 0 spiro atoms. The van der Waals surface area contributed by atoms with Gasteiger partial charge in [0, 0.05) is 12.6 Å². The van der Waals surface area contributed by atoms with Crippen molar-refractivity contribution in [3.05, 3.63) is 17.5 Å². The van der Waals surface area contributed by atoms with Crippen molar-refractivity contribution in [3.8, 4) is 0 Å². The molecule has 2 N–H and O–H groups in total. The summed E-state index contributed by atoms with van der Waals surface area (Å²) in [6.07, 6.45) is 3.48. The van der Waals surface area contributed by atoms with Crippen LogP contribution in [0.3, 0.4) is 0 Å². The summed E-state index contributed by atoms with van der Waals surface area (Å²) in [4.78, 5) is 8.53. The minimum absolute atomic E-state index is 0.0731. The molecule has 0 saturated carbocycles. The van der Waals surface area contributed by atoms with E-state index in [4.69, 9.17) is 30.9 Å². The summed E-state index contributed by atoms with van der Waals surface area (Å²) in [6, 6.07) is 0. The first-order valence-electron chi connectivity index (χ1n) is 11.7. The largest absolute Gasteiger partial charge is 0.414 e. The Balaban J connectivity index is 1.91. The van der Waals surface area contributed by atoms with E-state index in [9.17, 15) is 0 Å². The summed E-state index contributed by atoms with van der Waals surface area (Å²) in [5, 5.41) is 1.40. The molecule has 7 nitrogen and oxygen atoms in total. The standard InChI is InChI=1S/C23H41ClN4O3Si2/c1-22(2,3)32(7,8)29-13-17-16(31-33(9,10)23(4,5)6)11-18(30-17)28-12-15(24)19-20(25)26-14-27-21(19)28/h12,14,16-18H,11,13H2,1-10H3,(H2,25,26,27)/t16-,17+,18+/m0/s1. The fraction of sp³-hybridized carbons (Fsp3) is 0.739. The van der Waals surface area contributed by atoms with Gasteiger partial charge in [-0.3, -0.25) is 0 Å². The number of nitrogen functional groups attached to an aromatic ring is 1. The minimum Gasteiger partial charge on any atom is -0.414 e. The topological polar surface area (TPSA) is 84.4 Å². The third kappa shape index (κ3) is 5.33. The van der Waals surface area contributed by atoms with Crippen LogP contribution in [-0.2, 0) is 13.6 Å². The summed E-state index contributed by atoms with van der Waals surface area (Å²) < 4.78 is 22.0. The smallest absolute Gasteiger partial charge is 0.192 e. The average molecular weight is 513 g/mol. The predicted molar refractivity (Wildman–Crippen MR) is 141 cm³/mol. The number of ether oxygens (including phenoxy) is 1. The lowest BCUT2D eigenvalue weighted by Gasteiger charge is -2.40. The molecule has 0 aliphatic carbocycles. The van der Waals surface area contributed by atoms with E-state index < -0.39 is 16.6 Å². The Hall–Kier alpha value is -0.976. The minimum atomic E-state index is -2.02. The molecule has 3 heterocycles. The first-order valence-corrected chi connectivity index (χ1v) is 17.9. The van der Waals surface area contributed by atoms with Crippen LogP contribution in [0, 0.1) is 0 Å². The van der Waals surface area contributed by atoms with Crippen molar-refractivity contribution in [2.24, 2.45) is 0 Å². The van der Waals surface area contributed by atoms with Crippen molar-refractivity contribution in [3.63, 3.8) is 0 Å². The van der Waals surface area contributed by atoms with E-state index in [1.807, 2.05) is 10.8 Å². The highest BCUT2D eigenvalue weighted by atomic mass is 35.5. The van der Waals surface area contributed by atoms with Gasteiger partial charge in [0.05, 0.1) is 23.1 Å². The van der Waals surface area contributed by atoms with Gasteiger partial charge in [-0.2, -0.15) is 0 Å². The molecule has 0 aromatic carbocycles. The van der Waals surface area contributed by atoms with Crippen LogP contribution in [-0.4, -0.2) is 50.0 Å². The molecule has 1 fully saturated rings. The maximum Gasteiger partial charge on any atom is 0.192 e. The molecule has 3 atom stereocenters. The van der Waals surface area contributed by atoms with Gasteiger partial charge in [-0.05, 0) is 36.3 Å². The second-order valence-electron chi connectivity index (χ2n) is 12.2. The molecule has 0 bridgehead atoms. The van der Waals surface area contributed by atoms with Crippen molar-refractivity contribution < 1.29 is 13.6 Å². The highest BCUT2D eigenvalue weighted by Crippen LogP contribution is 2.43. The van der Waals surface area contributed by atoms with Gasteiger partial charge in [0.25, 0.3) is 0 Å². The fourth-order valence-electron chi connectivity index (χ4n) is 3.49. The molecule has 3 rings (SSSR count). The number of aromatic nitrogens is 3. The highest BCUT2D eigenvalue weighted by Gasteiger charge is 2.46. The van der Waals surface area contributed by atoms with Gasteiger partial charge >= 0.3 is 0 Å². The Labute approximate surface area is 205 Å². The van der Waals surface area contributed by atoms with Gasteiger partial charge in [0.15, 0.2) is 16.6 Å². The number of nitrogens with zero attached hydrogens (tertiary/aromatic N) is 3. The number of hydrogen-bond acceptors (Lipinski definition) is 6. The van der Waals surface area contributed by atoms with Crippen LogP contribution in [0.5, 0.6) is 0 Å². The number of rotatable bonds is 6. The molecule has 0 radical (unpaired) electrons. The Bertz CT molecular complexity index is 998. The maximum absolute atomic E-state index is 6.87. The number of fused-ring (bicyclic) bond motifs is 1. The van der Waals surface area contributed by atoms with E-state index in [2.05, 4.69) is 77.7 Å². The van der Waals surface area contributed by atoms with Crippen LogP contribution < -0.4 is 5.73 Å². The third-order valence-corrected chi connectivity index (χ3v) is 17.0. The lowest BCUT2D eigenvalue weighted by Crippen LogP contribution is -2.48. The molecule has 1 aliphatic heterocycles. The quantitative estimate of drug-likeness (QED) is 0.453. The summed E-state index contributed by atoms with van der Waals surface area (Å²) in [5.41, 5.74) is 6.74. The van der Waals surface area contributed by atoms with Crippen LogP contribution in [0.25, 0.3) is 11.0 Å². The van der Waals surface area contributed by atoms with Crippen LogP contribution in [0.15, 0.2) is 12.5 Å². The Morgan fingerprint density at radius 1 is 1.09 bits per heavy atom. The van der Waals surface area contributed by atoms with Gasteiger partial charge in [-0.15, -0.1) is 0 Å². The van der Waals surface area contributed by atoms with Crippen LogP contribution in [0.4, 0.5) is 5.82 Å². The van der Waals surface area contributed by atoms with E-state index in [1.165, 1.54) is 6.33 Å². The lowest BCUT2D eigenvalue weighted by molar-refractivity contribution is -0.0381. The van der Waals surface area contributed by atoms with Crippen LogP contribution in [0.2, 0.25) is 41.3 Å². The molecule has 186 valence electrons. The third-order valence-electron chi connectivity index (χ3n) is 7.75. The zero-order valence-corrected chi connectivity index (χ0v) is 24.6. The number of halogens is 1. The monoisotopic (exact) mass is 512 g/mol. The molecule has 2 aromatic rings. The van der Waals surface area contributed by atoms with Gasteiger partial charge < -0.3 is 23.9 Å². The summed E-state index contributed by atoms with van der Waals surface area (Å²) in [7, 11) is -3.95. The zero-order chi connectivity index (χ0) is 25.0. The van der Waals surface area contributed by atoms with E-state index >= 15 is 0 Å². The normalized spacial score (nSPS) is 22.9. The molecular weight excluding hydrogens is 472 g/mol. The molecule has 0 unspecified atom stereocenters. The van der Waals surface area contributed by atoms with Crippen molar-refractivity contribution in [2.75, 3.05) is 12.3 Å². The number of anilines is 1. The molecule has 2 aromatic heterocycles. The molecule has 10 heteroatoms. The van der Waals surface area contributed by atoms with E-state index in [-0.39, 0.29) is 28.5 Å². The Morgan fingerprint density at radius 2 is 1.70 bits per heavy atom. The summed E-state index contributed by atoms with van der Waals surface area (Å²) in [5.74, 6) is 0.369. The van der Waals surface area contributed by atoms with Gasteiger partial charge in [-0.1, -0.05) is 53.1 Å². The van der Waals surface area contributed by atoms with Gasteiger partial charge in [-0.25, -0.2) is 9.97 Å². The van der Waals surface area contributed by atoms with Crippen molar-refractivity contribution >= 4 is 45.1 Å². The number of nitrogens with two attached hydrogens (primary N) is 1.